The summed E-state index contributed by atoms with van der Waals surface area (Å²) in [5.41, 5.74) is 2.15. The fourth-order valence-corrected chi connectivity index (χ4v) is 4.09. The molecule has 9 heteroatoms. The molecule has 1 saturated heterocycles. The van der Waals surface area contributed by atoms with Crippen LogP contribution in [0.3, 0.4) is 0 Å². The summed E-state index contributed by atoms with van der Waals surface area (Å²) in [5.74, 6) is 1.46. The lowest BCUT2D eigenvalue weighted by Crippen LogP contribution is -2.28. The fraction of sp³-hybridized carbons (Fsp3) is 0.269. The summed E-state index contributed by atoms with van der Waals surface area (Å²) in [4.78, 5) is 31.4. The summed E-state index contributed by atoms with van der Waals surface area (Å²) in [6.07, 6.45) is 3.55. The van der Waals surface area contributed by atoms with Gasteiger partial charge in [-0.3, -0.25) is 14.6 Å². The smallest absolute Gasteiger partial charge is 0.229 e. The van der Waals surface area contributed by atoms with Gasteiger partial charge in [-0.2, -0.15) is 0 Å². The first-order valence-corrected chi connectivity index (χ1v) is 11.3. The van der Waals surface area contributed by atoms with Crippen molar-refractivity contribution < 1.29 is 28.5 Å². The summed E-state index contributed by atoms with van der Waals surface area (Å²) < 4.78 is 22.5. The molecule has 0 bridgehead atoms. The number of rotatable bonds is 7. The lowest BCUT2D eigenvalue weighted by atomic mass is 10.1. The lowest BCUT2D eigenvalue weighted by Gasteiger charge is -2.22. The van der Waals surface area contributed by atoms with Crippen molar-refractivity contribution in [2.24, 2.45) is 5.92 Å². The third kappa shape index (κ3) is 4.98. The molecule has 0 aliphatic carbocycles. The number of carbonyl (C=O) groups is 2. The Kier molecular flexibility index (Phi) is 6.38. The number of hydrogen-bond acceptors (Lipinski definition) is 7. The van der Waals surface area contributed by atoms with Gasteiger partial charge in [0, 0.05) is 54.4 Å². The van der Waals surface area contributed by atoms with E-state index in [1.165, 1.54) is 0 Å². The van der Waals surface area contributed by atoms with E-state index < -0.39 is 5.92 Å². The molecule has 1 aromatic heterocycles. The number of aromatic nitrogens is 1. The zero-order valence-corrected chi connectivity index (χ0v) is 19.2. The number of carbonyl (C=O) groups excluding carboxylic acids is 2. The molecular formula is C26H25N3O6. The van der Waals surface area contributed by atoms with E-state index in [0.29, 0.717) is 54.2 Å². The second-order valence-corrected chi connectivity index (χ2v) is 8.24. The van der Waals surface area contributed by atoms with Crippen molar-refractivity contribution in [1.82, 2.24) is 4.98 Å². The molecule has 0 radical (unpaired) electrons. The monoisotopic (exact) mass is 475 g/mol. The van der Waals surface area contributed by atoms with Gasteiger partial charge in [0.1, 0.15) is 19.8 Å². The van der Waals surface area contributed by atoms with Gasteiger partial charge in [0.05, 0.1) is 13.0 Å². The first-order valence-electron chi connectivity index (χ1n) is 11.3. The van der Waals surface area contributed by atoms with E-state index in [-0.39, 0.29) is 24.8 Å². The van der Waals surface area contributed by atoms with E-state index in [9.17, 15) is 9.59 Å². The Morgan fingerprint density at radius 1 is 1.11 bits per heavy atom. The Morgan fingerprint density at radius 3 is 2.77 bits per heavy atom. The van der Waals surface area contributed by atoms with Gasteiger partial charge >= 0.3 is 0 Å². The zero-order chi connectivity index (χ0) is 24.2. The van der Waals surface area contributed by atoms with Crippen molar-refractivity contribution in [1.29, 1.82) is 0 Å². The van der Waals surface area contributed by atoms with Gasteiger partial charge in [0.2, 0.25) is 11.8 Å². The maximum atomic E-state index is 13.0. The molecule has 0 saturated carbocycles. The van der Waals surface area contributed by atoms with Crippen LogP contribution in [-0.2, 0) is 16.2 Å². The molecule has 5 rings (SSSR count). The SMILES string of the molecule is COc1ccc(NC(=O)C2CC(=O)N(c3ccc4c(c3)OCCO4)C2)cc1OCc1cccnc1. The van der Waals surface area contributed by atoms with Crippen LogP contribution in [0, 0.1) is 5.92 Å². The van der Waals surface area contributed by atoms with E-state index in [1.54, 1.807) is 60.8 Å². The third-order valence-corrected chi connectivity index (χ3v) is 5.88. The summed E-state index contributed by atoms with van der Waals surface area (Å²) in [7, 11) is 1.56. The minimum Gasteiger partial charge on any atom is -0.493 e. The normalized spacial score (nSPS) is 16.7. The molecule has 180 valence electrons. The van der Waals surface area contributed by atoms with E-state index in [1.807, 2.05) is 12.1 Å². The first-order chi connectivity index (χ1) is 17.1. The number of methoxy groups -OCH3 is 1. The molecule has 1 unspecified atom stereocenters. The molecule has 3 aromatic rings. The minimum absolute atomic E-state index is 0.114. The Hall–Kier alpha value is -4.27. The Labute approximate surface area is 202 Å². The largest absolute Gasteiger partial charge is 0.493 e. The lowest BCUT2D eigenvalue weighted by molar-refractivity contribution is -0.122. The van der Waals surface area contributed by atoms with Crippen LogP contribution in [0.2, 0.25) is 0 Å². The standard InChI is InChI=1S/C26H25N3O6/c1-32-21-6-4-19(12-23(21)35-16-17-3-2-8-27-14-17)28-26(31)18-11-25(30)29(15-18)20-5-7-22-24(13-20)34-10-9-33-22/h2-8,12-14,18H,9-11,15-16H2,1H3,(H,28,31). The van der Waals surface area contributed by atoms with E-state index in [2.05, 4.69) is 10.3 Å². The number of benzene rings is 2. The molecule has 0 spiro atoms. The summed E-state index contributed by atoms with van der Waals surface area (Å²) in [6.45, 7) is 1.55. The van der Waals surface area contributed by atoms with E-state index in [4.69, 9.17) is 18.9 Å². The second kappa shape index (κ2) is 9.92. The molecule has 1 fully saturated rings. The highest BCUT2D eigenvalue weighted by Crippen LogP contribution is 2.36. The number of anilines is 2. The molecule has 3 heterocycles. The highest BCUT2D eigenvalue weighted by atomic mass is 16.6. The van der Waals surface area contributed by atoms with Crippen LogP contribution in [0.1, 0.15) is 12.0 Å². The molecule has 1 atom stereocenters. The van der Waals surface area contributed by atoms with Crippen molar-refractivity contribution >= 4 is 23.2 Å². The van der Waals surface area contributed by atoms with Crippen molar-refractivity contribution in [2.75, 3.05) is 37.1 Å². The molecule has 2 aliphatic heterocycles. The van der Waals surface area contributed by atoms with Gasteiger partial charge in [0.25, 0.3) is 0 Å². The molecule has 2 amide bonds. The van der Waals surface area contributed by atoms with Gasteiger partial charge in [-0.15, -0.1) is 0 Å². The highest BCUT2D eigenvalue weighted by Gasteiger charge is 2.35. The van der Waals surface area contributed by atoms with Crippen molar-refractivity contribution in [3.63, 3.8) is 0 Å². The minimum atomic E-state index is -0.488. The molecule has 9 nitrogen and oxygen atoms in total. The van der Waals surface area contributed by atoms with Crippen LogP contribution in [0.5, 0.6) is 23.0 Å². The van der Waals surface area contributed by atoms with E-state index in [0.717, 1.165) is 5.56 Å². The van der Waals surface area contributed by atoms with E-state index >= 15 is 0 Å². The average Bonchev–Trinajstić information content (AvgIpc) is 3.29. The Morgan fingerprint density at radius 2 is 1.97 bits per heavy atom. The molecule has 35 heavy (non-hydrogen) atoms. The quantitative estimate of drug-likeness (QED) is 0.559. The van der Waals surface area contributed by atoms with Gasteiger partial charge < -0.3 is 29.2 Å². The third-order valence-electron chi connectivity index (χ3n) is 5.88. The van der Waals surface area contributed by atoms with Gasteiger partial charge in [-0.25, -0.2) is 0 Å². The number of fused-ring (bicyclic) bond motifs is 1. The highest BCUT2D eigenvalue weighted by molar-refractivity contribution is 6.03. The van der Waals surface area contributed by atoms with Crippen molar-refractivity contribution in [3.8, 4) is 23.0 Å². The maximum Gasteiger partial charge on any atom is 0.229 e. The summed E-state index contributed by atoms with van der Waals surface area (Å²) in [5, 5.41) is 2.91. The average molecular weight is 476 g/mol. The number of ether oxygens (including phenoxy) is 4. The topological polar surface area (TPSA) is 99.2 Å². The number of nitrogens with zero attached hydrogens (tertiary/aromatic N) is 2. The van der Waals surface area contributed by atoms with Crippen molar-refractivity contribution in [2.45, 2.75) is 13.0 Å². The number of amides is 2. The van der Waals surface area contributed by atoms with Gasteiger partial charge in [-0.1, -0.05) is 6.07 Å². The van der Waals surface area contributed by atoms with Crippen LogP contribution in [0.25, 0.3) is 0 Å². The number of nitrogens with one attached hydrogen (secondary N) is 1. The van der Waals surface area contributed by atoms with Crippen LogP contribution in [-0.4, -0.2) is 43.7 Å². The Bertz CT molecular complexity index is 1230. The van der Waals surface area contributed by atoms with Gasteiger partial charge in [-0.05, 0) is 30.3 Å². The van der Waals surface area contributed by atoms with Crippen LogP contribution in [0.4, 0.5) is 11.4 Å². The molecular weight excluding hydrogens is 450 g/mol. The first kappa shape index (κ1) is 22.5. The Balaban J connectivity index is 1.25. The second-order valence-electron chi connectivity index (χ2n) is 8.24. The van der Waals surface area contributed by atoms with Crippen molar-refractivity contribution in [3.05, 3.63) is 66.5 Å². The predicted molar refractivity (Wildman–Crippen MR) is 128 cm³/mol. The van der Waals surface area contributed by atoms with Gasteiger partial charge in [0.15, 0.2) is 23.0 Å². The summed E-state index contributed by atoms with van der Waals surface area (Å²) in [6, 6.07) is 14.3. The zero-order valence-electron chi connectivity index (χ0n) is 19.2. The van der Waals surface area contributed by atoms with Crippen LogP contribution < -0.4 is 29.2 Å². The number of hydrogen-bond donors (Lipinski definition) is 1. The predicted octanol–water partition coefficient (Wildman–Crippen LogP) is 3.43. The fourth-order valence-electron chi connectivity index (χ4n) is 4.09. The molecule has 2 aliphatic rings. The number of pyridine rings is 1. The van der Waals surface area contributed by atoms with Crippen LogP contribution in [0.15, 0.2) is 60.9 Å². The van der Waals surface area contributed by atoms with Crippen LogP contribution >= 0.6 is 0 Å². The maximum absolute atomic E-state index is 13.0. The summed E-state index contributed by atoms with van der Waals surface area (Å²) >= 11 is 0. The molecule has 2 aromatic carbocycles. The molecule has 1 N–H and O–H groups in total.